The lowest BCUT2D eigenvalue weighted by Gasteiger charge is -2.14. The van der Waals surface area contributed by atoms with Crippen molar-refractivity contribution in [3.63, 3.8) is 0 Å². The van der Waals surface area contributed by atoms with Gasteiger partial charge in [0.05, 0.1) is 18.4 Å². The Balaban J connectivity index is 1.17. The Morgan fingerprint density at radius 2 is 1.59 bits per heavy atom. The van der Waals surface area contributed by atoms with Crippen LogP contribution >= 0.6 is 0 Å². The molecule has 196 valence electrons. The zero-order valence-corrected chi connectivity index (χ0v) is 21.8. The lowest BCUT2D eigenvalue weighted by molar-refractivity contribution is -0.146. The summed E-state index contributed by atoms with van der Waals surface area (Å²) in [6.45, 7) is 4.10. The molecule has 8 heteroatoms. The van der Waals surface area contributed by atoms with Gasteiger partial charge >= 0.3 is 12.0 Å². The topological polar surface area (TPSA) is 103 Å². The third-order valence-electron chi connectivity index (χ3n) is 7.09. The minimum atomic E-state index is -0.466. The first-order valence-electron chi connectivity index (χ1n) is 13.0. The summed E-state index contributed by atoms with van der Waals surface area (Å²) in [6.07, 6.45) is 2.23. The number of esters is 1. The molecular weight excluding hydrogens is 492 g/mol. The van der Waals surface area contributed by atoms with Crippen LogP contribution < -0.4 is 5.32 Å². The molecule has 0 radical (unpaired) electrons. The van der Waals surface area contributed by atoms with Crippen LogP contribution in [0.15, 0.2) is 87.8 Å². The molecule has 6 rings (SSSR count). The van der Waals surface area contributed by atoms with Crippen molar-refractivity contribution in [3.05, 3.63) is 102 Å². The van der Waals surface area contributed by atoms with Crippen molar-refractivity contribution >= 4 is 17.7 Å². The maximum atomic E-state index is 12.4. The number of ether oxygens (including phenoxy) is 1. The predicted octanol–water partition coefficient (Wildman–Crippen LogP) is 6.63. The molecule has 0 aliphatic heterocycles. The second kappa shape index (κ2) is 10.2. The van der Waals surface area contributed by atoms with Crippen LogP contribution in [-0.2, 0) is 21.4 Å². The third-order valence-corrected chi connectivity index (χ3v) is 7.09. The standard InChI is InChI=1S/C31H28N4O4/c1-3-37-29(36)31(17-18-31)25-15-13-23(14-16-25)22-9-11-24(12-10-22)28-27(20(2)35-39-28)32-30-34-33-26(38-30)19-21-7-5-4-6-8-21/h4-16H,3,17-19H2,1-2H3,(H,32,34). The Kier molecular flexibility index (Phi) is 6.44. The fourth-order valence-electron chi connectivity index (χ4n) is 4.77. The predicted molar refractivity (Wildman–Crippen MR) is 146 cm³/mol. The van der Waals surface area contributed by atoms with E-state index in [2.05, 4.69) is 32.8 Å². The minimum Gasteiger partial charge on any atom is -0.465 e. The number of aryl methyl sites for hydroxylation is 1. The van der Waals surface area contributed by atoms with Crippen LogP contribution in [-0.4, -0.2) is 27.9 Å². The molecule has 1 aliphatic rings. The lowest BCUT2D eigenvalue weighted by Crippen LogP contribution is -2.23. The Bertz CT molecular complexity index is 1580. The molecule has 1 saturated carbocycles. The molecule has 0 saturated heterocycles. The summed E-state index contributed by atoms with van der Waals surface area (Å²) in [5, 5.41) is 15.6. The monoisotopic (exact) mass is 520 g/mol. The fraction of sp³-hybridized carbons (Fsp3) is 0.226. The zero-order chi connectivity index (χ0) is 26.8. The Hall–Kier alpha value is -4.72. The first-order chi connectivity index (χ1) is 19.1. The van der Waals surface area contributed by atoms with Gasteiger partial charge in [0, 0.05) is 5.56 Å². The molecule has 0 unspecified atom stereocenters. The molecule has 1 aliphatic carbocycles. The van der Waals surface area contributed by atoms with Crippen molar-refractivity contribution in [2.75, 3.05) is 11.9 Å². The van der Waals surface area contributed by atoms with Crippen LogP contribution in [0.5, 0.6) is 0 Å². The van der Waals surface area contributed by atoms with Crippen LogP contribution in [0.2, 0.25) is 0 Å². The van der Waals surface area contributed by atoms with Crippen molar-refractivity contribution < 1.29 is 18.5 Å². The average molecular weight is 521 g/mol. The van der Waals surface area contributed by atoms with Crippen LogP contribution in [0, 0.1) is 6.92 Å². The largest absolute Gasteiger partial charge is 0.465 e. The number of nitrogens with one attached hydrogen (secondary N) is 1. The van der Waals surface area contributed by atoms with Gasteiger partial charge in [0.15, 0.2) is 5.76 Å². The van der Waals surface area contributed by atoms with Gasteiger partial charge in [0.1, 0.15) is 11.4 Å². The molecule has 3 aromatic carbocycles. The summed E-state index contributed by atoms with van der Waals surface area (Å²) in [5.41, 5.74) is 5.98. The highest BCUT2D eigenvalue weighted by atomic mass is 16.5. The minimum absolute atomic E-state index is 0.123. The summed E-state index contributed by atoms with van der Waals surface area (Å²) in [7, 11) is 0. The number of hydrogen-bond acceptors (Lipinski definition) is 8. The summed E-state index contributed by atoms with van der Waals surface area (Å²) in [5.74, 6) is 0.980. The van der Waals surface area contributed by atoms with Gasteiger partial charge in [-0.15, -0.1) is 5.10 Å². The quantitative estimate of drug-likeness (QED) is 0.216. The van der Waals surface area contributed by atoms with Gasteiger partial charge in [-0.25, -0.2) is 0 Å². The van der Waals surface area contributed by atoms with E-state index in [0.29, 0.717) is 36.1 Å². The van der Waals surface area contributed by atoms with E-state index >= 15 is 0 Å². The van der Waals surface area contributed by atoms with Gasteiger partial charge in [0.25, 0.3) is 0 Å². The van der Waals surface area contributed by atoms with Crippen molar-refractivity contribution in [1.82, 2.24) is 15.4 Å². The van der Waals surface area contributed by atoms with Crippen LogP contribution in [0.25, 0.3) is 22.5 Å². The molecule has 2 aromatic heterocycles. The van der Waals surface area contributed by atoms with E-state index in [-0.39, 0.29) is 12.0 Å². The summed E-state index contributed by atoms with van der Waals surface area (Å²) < 4.78 is 16.8. The molecule has 5 aromatic rings. The van der Waals surface area contributed by atoms with E-state index in [4.69, 9.17) is 13.7 Å². The maximum absolute atomic E-state index is 12.4. The van der Waals surface area contributed by atoms with Crippen LogP contribution in [0.1, 0.15) is 42.5 Å². The van der Waals surface area contributed by atoms with Gasteiger partial charge in [-0.1, -0.05) is 89.1 Å². The van der Waals surface area contributed by atoms with E-state index in [0.717, 1.165) is 40.7 Å². The molecule has 0 spiro atoms. The Morgan fingerprint density at radius 3 is 2.26 bits per heavy atom. The van der Waals surface area contributed by atoms with Gasteiger partial charge < -0.3 is 19.0 Å². The first kappa shape index (κ1) is 24.6. The van der Waals surface area contributed by atoms with Crippen molar-refractivity contribution in [2.45, 2.75) is 38.5 Å². The molecule has 1 fully saturated rings. The van der Waals surface area contributed by atoms with E-state index < -0.39 is 5.41 Å². The van der Waals surface area contributed by atoms with Gasteiger partial charge in [0.2, 0.25) is 5.89 Å². The van der Waals surface area contributed by atoms with Gasteiger partial charge in [-0.05, 0) is 48.9 Å². The fourth-order valence-corrected chi connectivity index (χ4v) is 4.77. The zero-order valence-electron chi connectivity index (χ0n) is 21.8. The van der Waals surface area contributed by atoms with Crippen molar-refractivity contribution in [3.8, 4) is 22.5 Å². The highest BCUT2D eigenvalue weighted by Gasteiger charge is 2.52. The molecule has 39 heavy (non-hydrogen) atoms. The number of benzene rings is 3. The molecule has 2 heterocycles. The number of rotatable bonds is 9. The number of carbonyl (C=O) groups excluding carboxylic acids is 1. The molecule has 0 bridgehead atoms. The summed E-state index contributed by atoms with van der Waals surface area (Å²) in [4.78, 5) is 12.4. The highest BCUT2D eigenvalue weighted by molar-refractivity contribution is 5.87. The summed E-state index contributed by atoms with van der Waals surface area (Å²) in [6, 6.07) is 26.5. The SMILES string of the molecule is CCOC(=O)C1(c2ccc(-c3ccc(-c4onc(C)c4Nc4nnc(Cc5ccccc5)o4)cc3)cc2)CC1. The number of aromatic nitrogens is 3. The molecular formula is C31H28N4O4. The molecule has 1 N–H and O–H groups in total. The third kappa shape index (κ3) is 4.93. The number of nitrogens with zero attached hydrogens (tertiary/aromatic N) is 3. The normalized spacial score (nSPS) is 13.7. The van der Waals surface area contributed by atoms with E-state index in [1.54, 1.807) is 0 Å². The first-order valence-corrected chi connectivity index (χ1v) is 13.0. The Labute approximate surface area is 226 Å². The molecule has 0 atom stereocenters. The number of carbonyl (C=O) groups is 1. The smallest absolute Gasteiger partial charge is 0.320 e. The van der Waals surface area contributed by atoms with E-state index in [9.17, 15) is 4.79 Å². The van der Waals surface area contributed by atoms with Crippen LogP contribution in [0.4, 0.5) is 11.7 Å². The van der Waals surface area contributed by atoms with Crippen molar-refractivity contribution in [2.24, 2.45) is 0 Å². The number of anilines is 2. The Morgan fingerprint density at radius 1 is 0.923 bits per heavy atom. The lowest BCUT2D eigenvalue weighted by atomic mass is 9.93. The highest BCUT2D eigenvalue weighted by Crippen LogP contribution is 2.49. The second-order valence-corrected chi connectivity index (χ2v) is 9.72. The van der Waals surface area contributed by atoms with E-state index in [1.807, 2.05) is 80.6 Å². The van der Waals surface area contributed by atoms with E-state index in [1.165, 1.54) is 0 Å². The van der Waals surface area contributed by atoms with Gasteiger partial charge in [-0.3, -0.25) is 4.79 Å². The molecule has 0 amide bonds. The average Bonchev–Trinajstić information content (AvgIpc) is 3.55. The van der Waals surface area contributed by atoms with Gasteiger partial charge in [-0.2, -0.15) is 0 Å². The number of hydrogen-bond donors (Lipinski definition) is 1. The summed E-state index contributed by atoms with van der Waals surface area (Å²) >= 11 is 0. The van der Waals surface area contributed by atoms with Crippen molar-refractivity contribution in [1.29, 1.82) is 0 Å². The second-order valence-electron chi connectivity index (χ2n) is 9.72. The van der Waals surface area contributed by atoms with Crippen LogP contribution in [0.3, 0.4) is 0 Å². The molecule has 8 nitrogen and oxygen atoms in total. The maximum Gasteiger partial charge on any atom is 0.320 e.